The van der Waals surface area contributed by atoms with Gasteiger partial charge >= 0.3 is 5.63 Å². The minimum Gasteiger partial charge on any atom is -0.484 e. The molecule has 0 bridgehead atoms. The topological polar surface area (TPSA) is 129 Å². The number of benzene rings is 2. The second-order valence-corrected chi connectivity index (χ2v) is 9.37. The molecule has 4 rings (SSSR count). The number of fused-ring (bicyclic) bond motifs is 1. The lowest BCUT2D eigenvalue weighted by Gasteiger charge is -2.37. The average molecular weight is 542 g/mol. The molecule has 2 N–H and O–H groups in total. The van der Waals surface area contributed by atoms with E-state index in [2.05, 4.69) is 10.2 Å². The average Bonchev–Trinajstić information content (AvgIpc) is 2.93. The summed E-state index contributed by atoms with van der Waals surface area (Å²) in [5, 5.41) is 12.9. The number of nitrogens with one attached hydrogen (secondary N) is 1. The third-order valence-electron chi connectivity index (χ3n) is 6.48. The molecule has 1 aliphatic heterocycles. The van der Waals surface area contributed by atoms with E-state index in [9.17, 15) is 24.3 Å². The number of Topliss-reactive ketones (excluding diaryl/α,β-unsaturated/α-hetero) is 1. The highest BCUT2D eigenvalue weighted by atomic mass is 35.5. The molecule has 200 valence electrons. The van der Waals surface area contributed by atoms with E-state index < -0.39 is 30.8 Å². The molecular formula is C27H28ClN3O7. The molecule has 2 heterocycles. The highest BCUT2D eigenvalue weighted by molar-refractivity contribution is 6.31. The predicted molar refractivity (Wildman–Crippen MR) is 142 cm³/mol. The summed E-state index contributed by atoms with van der Waals surface area (Å²) in [6.07, 6.45) is 0. The summed E-state index contributed by atoms with van der Waals surface area (Å²) in [4.78, 5) is 52.4. The van der Waals surface area contributed by atoms with Crippen molar-refractivity contribution >= 4 is 45.9 Å². The van der Waals surface area contributed by atoms with Crippen LogP contribution >= 0.6 is 11.6 Å². The van der Waals surface area contributed by atoms with Crippen LogP contribution in [0.2, 0.25) is 5.02 Å². The minimum atomic E-state index is -1.10. The van der Waals surface area contributed by atoms with Gasteiger partial charge < -0.3 is 29.4 Å². The van der Waals surface area contributed by atoms with Crippen molar-refractivity contribution < 1.29 is 28.6 Å². The molecule has 38 heavy (non-hydrogen) atoms. The zero-order valence-corrected chi connectivity index (χ0v) is 21.8. The molecule has 1 aromatic heterocycles. The first kappa shape index (κ1) is 27.2. The van der Waals surface area contributed by atoms with Crippen LogP contribution in [-0.4, -0.2) is 73.0 Å². The Morgan fingerprint density at radius 3 is 2.42 bits per heavy atom. The van der Waals surface area contributed by atoms with Crippen LogP contribution in [0.1, 0.15) is 22.8 Å². The minimum absolute atomic E-state index is 0.000480. The molecule has 1 saturated heterocycles. The molecule has 0 saturated carbocycles. The van der Waals surface area contributed by atoms with Crippen LogP contribution in [0.4, 0.5) is 5.69 Å². The Balaban J connectivity index is 1.30. The number of halogens is 1. The lowest BCUT2D eigenvalue weighted by atomic mass is 10.1. The number of rotatable bonds is 8. The maximum absolute atomic E-state index is 12.9. The largest absolute Gasteiger partial charge is 0.484 e. The fourth-order valence-corrected chi connectivity index (χ4v) is 4.43. The number of carbonyl (C=O) groups is 3. The third kappa shape index (κ3) is 5.98. The van der Waals surface area contributed by atoms with Crippen molar-refractivity contribution in [3.63, 3.8) is 0 Å². The Bertz CT molecular complexity index is 1410. The molecule has 0 unspecified atom stereocenters. The Morgan fingerprint density at radius 1 is 1.11 bits per heavy atom. The van der Waals surface area contributed by atoms with E-state index in [0.717, 1.165) is 5.69 Å². The number of amides is 2. The summed E-state index contributed by atoms with van der Waals surface area (Å²) in [6, 6.07) is 11.0. The van der Waals surface area contributed by atoms with E-state index >= 15 is 0 Å². The van der Waals surface area contributed by atoms with Gasteiger partial charge in [0, 0.05) is 48.9 Å². The van der Waals surface area contributed by atoms with Gasteiger partial charge in [0.1, 0.15) is 22.4 Å². The number of aryl methyl sites for hydroxylation is 1. The first-order valence-electron chi connectivity index (χ1n) is 12.1. The molecule has 1 aliphatic rings. The van der Waals surface area contributed by atoms with Crippen LogP contribution in [0.25, 0.3) is 11.0 Å². The maximum Gasteiger partial charge on any atom is 0.355 e. The van der Waals surface area contributed by atoms with Gasteiger partial charge in [0.25, 0.3) is 5.91 Å². The van der Waals surface area contributed by atoms with E-state index in [1.54, 1.807) is 36.1 Å². The first-order chi connectivity index (χ1) is 18.2. The summed E-state index contributed by atoms with van der Waals surface area (Å²) in [5.41, 5.74) is 1.78. The van der Waals surface area contributed by atoms with Gasteiger partial charge in [0.15, 0.2) is 12.4 Å². The SMILES string of the molecule is CC(=O)c1ccc(N2CCN(C(=O)[C@H](CO)NC(=O)COc3ccc4c(C)c(Cl)c(=O)oc4c3)CC2)cc1. The van der Waals surface area contributed by atoms with E-state index in [0.29, 0.717) is 42.7 Å². The lowest BCUT2D eigenvalue weighted by Crippen LogP contribution is -2.56. The maximum atomic E-state index is 12.9. The van der Waals surface area contributed by atoms with Crippen molar-refractivity contribution in [2.75, 3.05) is 44.3 Å². The summed E-state index contributed by atoms with van der Waals surface area (Å²) >= 11 is 5.94. The van der Waals surface area contributed by atoms with Gasteiger partial charge in [-0.3, -0.25) is 14.4 Å². The smallest absolute Gasteiger partial charge is 0.355 e. The second-order valence-electron chi connectivity index (χ2n) is 8.99. The van der Waals surface area contributed by atoms with Crippen LogP contribution in [0.5, 0.6) is 5.75 Å². The molecule has 1 atom stereocenters. The van der Waals surface area contributed by atoms with Gasteiger partial charge in [-0.2, -0.15) is 0 Å². The van der Waals surface area contributed by atoms with Gasteiger partial charge in [0.05, 0.1) is 6.61 Å². The molecule has 3 aromatic rings. The monoisotopic (exact) mass is 541 g/mol. The van der Waals surface area contributed by atoms with Crippen molar-refractivity contribution in [3.05, 3.63) is 69.0 Å². The van der Waals surface area contributed by atoms with Crippen molar-refractivity contribution in [1.29, 1.82) is 0 Å². The third-order valence-corrected chi connectivity index (χ3v) is 6.92. The first-order valence-corrected chi connectivity index (χ1v) is 12.5. The number of aliphatic hydroxyl groups excluding tert-OH is 1. The zero-order valence-electron chi connectivity index (χ0n) is 21.0. The van der Waals surface area contributed by atoms with Gasteiger partial charge in [0.2, 0.25) is 5.91 Å². The number of piperazine rings is 1. The number of hydrogen-bond acceptors (Lipinski definition) is 8. The van der Waals surface area contributed by atoms with Gasteiger partial charge in [-0.1, -0.05) is 11.6 Å². The second kappa shape index (κ2) is 11.7. The molecule has 11 heteroatoms. The number of nitrogens with zero attached hydrogens (tertiary/aromatic N) is 2. The van der Waals surface area contributed by atoms with Crippen molar-refractivity contribution in [3.8, 4) is 5.75 Å². The predicted octanol–water partition coefficient (Wildman–Crippen LogP) is 2.16. The fraction of sp³-hybridized carbons (Fsp3) is 0.333. The van der Waals surface area contributed by atoms with E-state index in [1.165, 1.54) is 13.0 Å². The summed E-state index contributed by atoms with van der Waals surface area (Å²) in [5.74, 6) is -0.680. The van der Waals surface area contributed by atoms with E-state index in [-0.39, 0.29) is 28.0 Å². The van der Waals surface area contributed by atoms with Crippen LogP contribution in [0.3, 0.4) is 0 Å². The van der Waals surface area contributed by atoms with Crippen LogP contribution in [-0.2, 0) is 9.59 Å². The molecule has 10 nitrogen and oxygen atoms in total. The van der Waals surface area contributed by atoms with Crippen LogP contribution in [0.15, 0.2) is 51.7 Å². The standard InChI is InChI=1S/C27H28ClN3O7/c1-16-21-8-7-20(13-23(21)38-27(36)25(16)28)37-15-24(34)29-22(14-32)26(35)31-11-9-30(10-12-31)19-5-3-18(4-6-19)17(2)33/h3-8,13,22,32H,9-12,14-15H2,1-2H3,(H,29,34)/t22-/m0/s1. The Hall–Kier alpha value is -3.89. The number of hydrogen-bond donors (Lipinski definition) is 2. The van der Waals surface area contributed by atoms with Gasteiger partial charge in [-0.15, -0.1) is 0 Å². The molecule has 1 fully saturated rings. The van der Waals surface area contributed by atoms with Crippen molar-refractivity contribution in [1.82, 2.24) is 10.2 Å². The zero-order chi connectivity index (χ0) is 27.4. The summed E-state index contributed by atoms with van der Waals surface area (Å²) < 4.78 is 10.7. The molecule has 2 aromatic carbocycles. The van der Waals surface area contributed by atoms with Gasteiger partial charge in [-0.25, -0.2) is 4.79 Å². The number of carbonyl (C=O) groups excluding carboxylic acids is 3. The number of aliphatic hydroxyl groups is 1. The van der Waals surface area contributed by atoms with Crippen LogP contribution < -0.4 is 20.6 Å². The Morgan fingerprint density at radius 2 is 1.79 bits per heavy atom. The molecular weight excluding hydrogens is 514 g/mol. The number of ether oxygens (including phenoxy) is 1. The quantitative estimate of drug-likeness (QED) is 0.328. The molecule has 0 spiro atoms. The number of anilines is 1. The fourth-order valence-electron chi connectivity index (χ4n) is 4.29. The Labute approximate surface area is 223 Å². The lowest BCUT2D eigenvalue weighted by molar-refractivity contribution is -0.138. The molecule has 2 amide bonds. The molecule has 0 aliphatic carbocycles. The highest BCUT2D eigenvalue weighted by Crippen LogP contribution is 2.26. The summed E-state index contributed by atoms with van der Waals surface area (Å²) in [7, 11) is 0. The van der Waals surface area contributed by atoms with Crippen molar-refractivity contribution in [2.24, 2.45) is 0 Å². The van der Waals surface area contributed by atoms with E-state index in [1.807, 2.05) is 12.1 Å². The van der Waals surface area contributed by atoms with Gasteiger partial charge in [-0.05, 0) is 55.8 Å². The molecule has 0 radical (unpaired) electrons. The van der Waals surface area contributed by atoms with Crippen LogP contribution in [0, 0.1) is 6.92 Å². The Kier molecular flexibility index (Phi) is 8.33. The summed E-state index contributed by atoms with van der Waals surface area (Å²) in [6.45, 7) is 4.24. The number of ketones is 1. The highest BCUT2D eigenvalue weighted by Gasteiger charge is 2.28. The normalized spacial score (nSPS) is 14.3. The van der Waals surface area contributed by atoms with E-state index in [4.69, 9.17) is 20.8 Å². The van der Waals surface area contributed by atoms with Crippen molar-refractivity contribution in [2.45, 2.75) is 19.9 Å².